The molecule has 0 aromatic heterocycles. The molecule has 1 unspecified atom stereocenters. The highest BCUT2D eigenvalue weighted by Crippen LogP contribution is 2.38. The van der Waals surface area contributed by atoms with Gasteiger partial charge in [0.15, 0.2) is 0 Å². The van der Waals surface area contributed by atoms with E-state index in [-0.39, 0.29) is 17.4 Å². The largest absolute Gasteiger partial charge is 0.492 e. The molecule has 0 fully saturated rings. The molecule has 1 aliphatic heterocycles. The first-order chi connectivity index (χ1) is 12.9. The van der Waals surface area contributed by atoms with Crippen molar-refractivity contribution >= 4 is 23.2 Å². The highest BCUT2D eigenvalue weighted by atomic mass is 19.1. The van der Waals surface area contributed by atoms with Crippen LogP contribution in [-0.2, 0) is 11.2 Å². The molecular weight excluding hydrogens is 351 g/mol. The van der Waals surface area contributed by atoms with Crippen LogP contribution in [0.3, 0.4) is 0 Å². The average molecular weight is 372 g/mol. The molecule has 2 aromatic carbocycles. The molecule has 142 valence electrons. The third kappa shape index (κ3) is 4.19. The van der Waals surface area contributed by atoms with Crippen molar-refractivity contribution in [3.8, 4) is 11.5 Å². The Labute approximate surface area is 156 Å². The summed E-state index contributed by atoms with van der Waals surface area (Å²) < 4.78 is 25.2. The summed E-state index contributed by atoms with van der Waals surface area (Å²) >= 11 is 0. The predicted octanol–water partition coefficient (Wildman–Crippen LogP) is 3.76. The number of hydrogen-bond acceptors (Lipinski definition) is 4. The zero-order valence-electron chi connectivity index (χ0n) is 15.4. The molecule has 27 heavy (non-hydrogen) atoms. The summed E-state index contributed by atoms with van der Waals surface area (Å²) in [7, 11) is 0. The van der Waals surface area contributed by atoms with E-state index in [1.807, 2.05) is 19.9 Å². The number of anilines is 2. The van der Waals surface area contributed by atoms with Crippen LogP contribution in [-0.4, -0.2) is 24.5 Å². The Morgan fingerprint density at radius 1 is 1.22 bits per heavy atom. The lowest BCUT2D eigenvalue weighted by Gasteiger charge is -2.14. The van der Waals surface area contributed by atoms with Gasteiger partial charge < -0.3 is 20.1 Å². The summed E-state index contributed by atoms with van der Waals surface area (Å²) in [6.07, 6.45) is 0.847. The van der Waals surface area contributed by atoms with Crippen LogP contribution >= 0.6 is 0 Å². The maximum absolute atomic E-state index is 13.8. The van der Waals surface area contributed by atoms with E-state index in [1.165, 1.54) is 19.1 Å². The fraction of sp³-hybridized carbons (Fsp3) is 0.300. The summed E-state index contributed by atoms with van der Waals surface area (Å²) in [5.74, 6) is -0.231. The Balaban J connectivity index is 1.88. The van der Waals surface area contributed by atoms with Crippen molar-refractivity contribution in [1.29, 1.82) is 0 Å². The van der Waals surface area contributed by atoms with Crippen molar-refractivity contribution in [2.45, 2.75) is 33.3 Å². The van der Waals surface area contributed by atoms with Crippen LogP contribution in [0, 0.1) is 5.82 Å². The van der Waals surface area contributed by atoms with Crippen molar-refractivity contribution in [2.24, 2.45) is 0 Å². The van der Waals surface area contributed by atoms with Gasteiger partial charge in [-0.3, -0.25) is 9.59 Å². The highest BCUT2D eigenvalue weighted by molar-refractivity contribution is 6.06. The molecule has 0 saturated carbocycles. The molecule has 2 aromatic rings. The Hall–Kier alpha value is -3.09. The van der Waals surface area contributed by atoms with Gasteiger partial charge in [0.1, 0.15) is 23.4 Å². The van der Waals surface area contributed by atoms with Crippen LogP contribution in [0.2, 0.25) is 0 Å². The van der Waals surface area contributed by atoms with Crippen LogP contribution in [0.15, 0.2) is 30.3 Å². The van der Waals surface area contributed by atoms with Gasteiger partial charge in [0.25, 0.3) is 5.91 Å². The normalized spacial score (nSPS) is 14.9. The van der Waals surface area contributed by atoms with Crippen LogP contribution < -0.4 is 20.1 Å². The van der Waals surface area contributed by atoms with E-state index < -0.39 is 17.6 Å². The standard InChI is InChI=1S/C20H21FN2O4/c1-4-26-19-9-14-7-11(2)27-18(14)10-17(19)23-20(25)13-5-6-15(21)16(8-13)22-12(3)24/h5-6,8-11H,4,7H2,1-3H3,(H,22,24)(H,23,25). The molecule has 3 rings (SSSR count). The van der Waals surface area contributed by atoms with Crippen molar-refractivity contribution in [1.82, 2.24) is 0 Å². The second-order valence-corrected chi connectivity index (χ2v) is 6.35. The third-order valence-corrected chi connectivity index (χ3v) is 4.09. The summed E-state index contributed by atoms with van der Waals surface area (Å²) in [4.78, 5) is 23.8. The van der Waals surface area contributed by atoms with Crippen molar-refractivity contribution in [2.75, 3.05) is 17.2 Å². The van der Waals surface area contributed by atoms with Gasteiger partial charge >= 0.3 is 0 Å². The molecule has 0 radical (unpaired) electrons. The second-order valence-electron chi connectivity index (χ2n) is 6.35. The number of carbonyl (C=O) groups is 2. The molecule has 0 bridgehead atoms. The molecule has 2 N–H and O–H groups in total. The zero-order valence-corrected chi connectivity index (χ0v) is 15.4. The van der Waals surface area contributed by atoms with Crippen LogP contribution in [0.4, 0.5) is 15.8 Å². The fourth-order valence-corrected chi connectivity index (χ4v) is 2.96. The number of ether oxygens (including phenoxy) is 2. The first-order valence-electron chi connectivity index (χ1n) is 8.72. The minimum Gasteiger partial charge on any atom is -0.492 e. The number of benzene rings is 2. The van der Waals surface area contributed by atoms with Crippen LogP contribution in [0.5, 0.6) is 11.5 Å². The van der Waals surface area contributed by atoms with Gasteiger partial charge in [0.05, 0.1) is 18.0 Å². The summed E-state index contributed by atoms with van der Waals surface area (Å²) in [6.45, 7) is 5.55. The van der Waals surface area contributed by atoms with Crippen molar-refractivity contribution < 1.29 is 23.5 Å². The molecule has 1 aliphatic rings. The van der Waals surface area contributed by atoms with Gasteiger partial charge in [-0.05, 0) is 38.1 Å². The molecule has 1 atom stereocenters. The highest BCUT2D eigenvalue weighted by Gasteiger charge is 2.23. The summed E-state index contributed by atoms with van der Waals surface area (Å²) in [6, 6.07) is 7.38. The molecule has 6 nitrogen and oxygen atoms in total. The van der Waals surface area contributed by atoms with Gasteiger partial charge in [-0.25, -0.2) is 4.39 Å². The fourth-order valence-electron chi connectivity index (χ4n) is 2.96. The minimum absolute atomic E-state index is 0.0497. The monoisotopic (exact) mass is 372 g/mol. The topological polar surface area (TPSA) is 76.7 Å². The third-order valence-electron chi connectivity index (χ3n) is 4.09. The van der Waals surface area contributed by atoms with Crippen LogP contribution in [0.25, 0.3) is 0 Å². The van der Waals surface area contributed by atoms with Gasteiger partial charge in [-0.15, -0.1) is 0 Å². The first-order valence-corrected chi connectivity index (χ1v) is 8.72. The average Bonchev–Trinajstić information content (AvgIpc) is 2.95. The lowest BCUT2D eigenvalue weighted by atomic mass is 10.1. The number of nitrogens with one attached hydrogen (secondary N) is 2. The number of hydrogen-bond donors (Lipinski definition) is 2. The number of amides is 2. The molecular formula is C20H21FN2O4. The molecule has 7 heteroatoms. The molecule has 0 aliphatic carbocycles. The number of carbonyl (C=O) groups excluding carboxylic acids is 2. The lowest BCUT2D eigenvalue weighted by molar-refractivity contribution is -0.114. The Morgan fingerprint density at radius 2 is 2.00 bits per heavy atom. The van der Waals surface area contributed by atoms with E-state index in [2.05, 4.69) is 10.6 Å². The summed E-state index contributed by atoms with van der Waals surface area (Å²) in [5, 5.41) is 5.14. The van der Waals surface area contributed by atoms with E-state index in [0.717, 1.165) is 18.1 Å². The van der Waals surface area contributed by atoms with Gasteiger partial charge in [-0.1, -0.05) is 0 Å². The van der Waals surface area contributed by atoms with E-state index in [0.29, 0.717) is 23.8 Å². The number of rotatable bonds is 5. The Kier molecular flexibility index (Phi) is 5.30. The van der Waals surface area contributed by atoms with Gasteiger partial charge in [0, 0.05) is 30.5 Å². The summed E-state index contributed by atoms with van der Waals surface area (Å²) in [5.41, 5.74) is 1.66. The molecule has 0 saturated heterocycles. The Bertz CT molecular complexity index is 898. The number of halogens is 1. The SMILES string of the molecule is CCOc1cc2c(cc1NC(=O)c1ccc(F)c(NC(C)=O)c1)OC(C)C2. The second kappa shape index (κ2) is 7.65. The maximum Gasteiger partial charge on any atom is 0.255 e. The maximum atomic E-state index is 13.8. The van der Waals surface area contributed by atoms with Crippen LogP contribution in [0.1, 0.15) is 36.7 Å². The first kappa shape index (κ1) is 18.7. The van der Waals surface area contributed by atoms with Crippen molar-refractivity contribution in [3.63, 3.8) is 0 Å². The lowest BCUT2D eigenvalue weighted by Crippen LogP contribution is -2.15. The zero-order chi connectivity index (χ0) is 19.6. The quantitative estimate of drug-likeness (QED) is 0.838. The smallest absolute Gasteiger partial charge is 0.255 e. The van der Waals surface area contributed by atoms with E-state index in [1.54, 1.807) is 6.07 Å². The molecule has 2 amide bonds. The Morgan fingerprint density at radius 3 is 2.70 bits per heavy atom. The molecule has 1 heterocycles. The van der Waals surface area contributed by atoms with E-state index >= 15 is 0 Å². The number of fused-ring (bicyclic) bond motifs is 1. The van der Waals surface area contributed by atoms with Gasteiger partial charge in [0.2, 0.25) is 5.91 Å². The van der Waals surface area contributed by atoms with E-state index in [4.69, 9.17) is 9.47 Å². The van der Waals surface area contributed by atoms with E-state index in [9.17, 15) is 14.0 Å². The predicted molar refractivity (Wildman–Crippen MR) is 100 cm³/mol. The minimum atomic E-state index is -0.614. The molecule has 0 spiro atoms. The van der Waals surface area contributed by atoms with Gasteiger partial charge in [-0.2, -0.15) is 0 Å². The van der Waals surface area contributed by atoms with Crippen molar-refractivity contribution in [3.05, 3.63) is 47.3 Å².